The summed E-state index contributed by atoms with van der Waals surface area (Å²) < 4.78 is 32.7. The van der Waals surface area contributed by atoms with Crippen molar-refractivity contribution < 1.29 is 28.0 Å². The first-order valence-electron chi connectivity index (χ1n) is 8.55. The smallest absolute Gasteiger partial charge is 0.243 e. The predicted octanol–water partition coefficient (Wildman–Crippen LogP) is 1.74. The maximum Gasteiger partial charge on any atom is 0.243 e. The number of nitrogens with one attached hydrogen (secondary N) is 1. The summed E-state index contributed by atoms with van der Waals surface area (Å²) in [7, 11) is 0. The first kappa shape index (κ1) is 20.2. The number of aromatic nitrogens is 1. The molecule has 1 aliphatic rings. The normalized spacial score (nSPS) is 19.1. The SMILES string of the molecule is Cc1cc(CC(=O)N2C[C@H](O)C[C@H]2C(=O)NCc2c(F)cc(Cl)cc2F)on1. The average molecular weight is 414 g/mol. The Labute approximate surface area is 164 Å². The van der Waals surface area contributed by atoms with E-state index in [0.717, 1.165) is 12.1 Å². The Morgan fingerprint density at radius 2 is 2.04 bits per heavy atom. The molecule has 150 valence electrons. The molecule has 2 N–H and O–H groups in total. The van der Waals surface area contributed by atoms with Gasteiger partial charge < -0.3 is 19.8 Å². The van der Waals surface area contributed by atoms with E-state index in [1.165, 1.54) is 4.90 Å². The van der Waals surface area contributed by atoms with Gasteiger partial charge in [0, 0.05) is 36.2 Å². The lowest BCUT2D eigenvalue weighted by molar-refractivity contribution is -0.138. The van der Waals surface area contributed by atoms with Gasteiger partial charge >= 0.3 is 0 Å². The molecule has 2 heterocycles. The molecule has 7 nitrogen and oxygen atoms in total. The number of likely N-dealkylation sites (tertiary alicyclic amines) is 1. The molecular weight excluding hydrogens is 396 g/mol. The van der Waals surface area contributed by atoms with Gasteiger partial charge in [0.25, 0.3) is 0 Å². The van der Waals surface area contributed by atoms with Gasteiger partial charge in [-0.2, -0.15) is 0 Å². The van der Waals surface area contributed by atoms with Crippen LogP contribution >= 0.6 is 11.6 Å². The maximum absolute atomic E-state index is 13.9. The van der Waals surface area contributed by atoms with Crippen LogP contribution in [0.15, 0.2) is 22.7 Å². The molecule has 2 aromatic rings. The van der Waals surface area contributed by atoms with Crippen molar-refractivity contribution in [2.75, 3.05) is 6.54 Å². The summed E-state index contributed by atoms with van der Waals surface area (Å²) in [6.45, 7) is 1.28. The molecule has 3 rings (SSSR count). The van der Waals surface area contributed by atoms with Crippen LogP contribution in [0.4, 0.5) is 8.78 Å². The number of hydrogen-bond donors (Lipinski definition) is 2. The molecule has 0 radical (unpaired) electrons. The van der Waals surface area contributed by atoms with Crippen LogP contribution in [0.25, 0.3) is 0 Å². The summed E-state index contributed by atoms with van der Waals surface area (Å²) in [5.74, 6) is -2.46. The largest absolute Gasteiger partial charge is 0.391 e. The quantitative estimate of drug-likeness (QED) is 0.778. The van der Waals surface area contributed by atoms with Crippen molar-refractivity contribution in [2.24, 2.45) is 0 Å². The van der Waals surface area contributed by atoms with E-state index in [-0.39, 0.29) is 30.0 Å². The number of β-amino-alcohol motifs (C(OH)–C–C–N with tert-alkyl or cyclic N) is 1. The van der Waals surface area contributed by atoms with Crippen LogP contribution in [-0.4, -0.2) is 45.7 Å². The van der Waals surface area contributed by atoms with Gasteiger partial charge in [0.1, 0.15) is 23.4 Å². The van der Waals surface area contributed by atoms with E-state index in [2.05, 4.69) is 10.5 Å². The first-order valence-corrected chi connectivity index (χ1v) is 8.93. The van der Waals surface area contributed by atoms with Gasteiger partial charge in [-0.15, -0.1) is 0 Å². The van der Waals surface area contributed by atoms with Crippen LogP contribution in [0.5, 0.6) is 0 Å². The van der Waals surface area contributed by atoms with E-state index < -0.39 is 42.1 Å². The van der Waals surface area contributed by atoms with Gasteiger partial charge in [-0.25, -0.2) is 8.78 Å². The highest BCUT2D eigenvalue weighted by Gasteiger charge is 2.39. The number of aliphatic hydroxyl groups excluding tert-OH is 1. The summed E-state index contributed by atoms with van der Waals surface area (Å²) in [4.78, 5) is 26.2. The van der Waals surface area contributed by atoms with Crippen LogP contribution in [0, 0.1) is 18.6 Å². The molecule has 1 aromatic carbocycles. The lowest BCUT2D eigenvalue weighted by Gasteiger charge is -2.23. The molecule has 2 atom stereocenters. The van der Waals surface area contributed by atoms with Crippen molar-refractivity contribution in [3.8, 4) is 0 Å². The number of nitrogens with zero attached hydrogens (tertiary/aromatic N) is 2. The van der Waals surface area contributed by atoms with Crippen molar-refractivity contribution >= 4 is 23.4 Å². The molecule has 0 unspecified atom stereocenters. The highest BCUT2D eigenvalue weighted by atomic mass is 35.5. The zero-order chi connectivity index (χ0) is 20.4. The highest BCUT2D eigenvalue weighted by molar-refractivity contribution is 6.30. The number of halogens is 3. The molecule has 0 aliphatic carbocycles. The monoisotopic (exact) mass is 413 g/mol. The highest BCUT2D eigenvalue weighted by Crippen LogP contribution is 2.22. The fraction of sp³-hybridized carbons (Fsp3) is 0.389. The second kappa shape index (κ2) is 8.24. The van der Waals surface area contributed by atoms with Gasteiger partial charge in [0.15, 0.2) is 0 Å². The van der Waals surface area contributed by atoms with Crippen molar-refractivity contribution in [3.05, 3.63) is 51.9 Å². The Hall–Kier alpha value is -2.52. The molecule has 28 heavy (non-hydrogen) atoms. The summed E-state index contributed by atoms with van der Waals surface area (Å²) in [6.07, 6.45) is -0.962. The lowest BCUT2D eigenvalue weighted by atomic mass is 10.1. The topological polar surface area (TPSA) is 95.7 Å². The number of rotatable bonds is 5. The van der Waals surface area contributed by atoms with Crippen molar-refractivity contribution in [1.29, 1.82) is 0 Å². The number of benzene rings is 1. The third-order valence-electron chi connectivity index (χ3n) is 4.45. The molecule has 2 amide bonds. The van der Waals surface area contributed by atoms with Crippen LogP contribution < -0.4 is 5.32 Å². The number of carbonyl (C=O) groups excluding carboxylic acids is 2. The zero-order valence-corrected chi connectivity index (χ0v) is 15.7. The van der Waals surface area contributed by atoms with Crippen molar-refractivity contribution in [3.63, 3.8) is 0 Å². The predicted molar refractivity (Wildman–Crippen MR) is 94.3 cm³/mol. The van der Waals surface area contributed by atoms with Gasteiger partial charge in [-0.1, -0.05) is 16.8 Å². The van der Waals surface area contributed by atoms with Crippen LogP contribution in [-0.2, 0) is 22.6 Å². The minimum absolute atomic E-state index is 0.0201. The van der Waals surface area contributed by atoms with Crippen LogP contribution in [0.2, 0.25) is 5.02 Å². The Balaban J connectivity index is 1.66. The van der Waals surface area contributed by atoms with Crippen LogP contribution in [0.3, 0.4) is 0 Å². The lowest BCUT2D eigenvalue weighted by Crippen LogP contribution is -2.46. The third-order valence-corrected chi connectivity index (χ3v) is 4.67. The number of aryl methyl sites for hydroxylation is 1. The van der Waals surface area contributed by atoms with Crippen molar-refractivity contribution in [1.82, 2.24) is 15.4 Å². The van der Waals surface area contributed by atoms with E-state index in [0.29, 0.717) is 11.5 Å². The summed E-state index contributed by atoms with van der Waals surface area (Å²) in [5.41, 5.74) is 0.275. The fourth-order valence-corrected chi connectivity index (χ4v) is 3.31. The Morgan fingerprint density at radius 3 is 2.64 bits per heavy atom. The van der Waals surface area contributed by atoms with E-state index in [9.17, 15) is 23.5 Å². The Bertz CT molecular complexity index is 882. The summed E-state index contributed by atoms with van der Waals surface area (Å²) >= 11 is 5.58. The maximum atomic E-state index is 13.9. The second-order valence-electron chi connectivity index (χ2n) is 6.63. The number of amides is 2. The second-order valence-corrected chi connectivity index (χ2v) is 7.07. The number of carbonyl (C=O) groups is 2. The molecule has 1 saturated heterocycles. The van der Waals surface area contributed by atoms with Crippen LogP contribution in [0.1, 0.15) is 23.4 Å². The molecule has 0 bridgehead atoms. The molecule has 1 fully saturated rings. The van der Waals surface area contributed by atoms with Gasteiger partial charge in [0.05, 0.1) is 18.2 Å². The zero-order valence-electron chi connectivity index (χ0n) is 14.9. The molecule has 1 aromatic heterocycles. The van der Waals surface area contributed by atoms with Crippen molar-refractivity contribution in [2.45, 2.75) is 38.5 Å². The van der Waals surface area contributed by atoms with Gasteiger partial charge in [0.2, 0.25) is 11.8 Å². The van der Waals surface area contributed by atoms with E-state index in [1.54, 1.807) is 13.0 Å². The van der Waals surface area contributed by atoms with E-state index >= 15 is 0 Å². The molecule has 1 aliphatic heterocycles. The minimum atomic E-state index is -0.954. The van der Waals surface area contributed by atoms with E-state index in [4.69, 9.17) is 16.1 Å². The Kier molecular flexibility index (Phi) is 5.95. The fourth-order valence-electron chi connectivity index (χ4n) is 3.12. The number of hydrogen-bond acceptors (Lipinski definition) is 5. The summed E-state index contributed by atoms with van der Waals surface area (Å²) in [5, 5.41) is 15.9. The van der Waals surface area contributed by atoms with Gasteiger partial charge in [-0.3, -0.25) is 9.59 Å². The summed E-state index contributed by atoms with van der Waals surface area (Å²) in [6, 6.07) is 2.54. The van der Waals surface area contributed by atoms with Gasteiger partial charge in [-0.05, 0) is 19.1 Å². The molecule has 0 spiro atoms. The first-order chi connectivity index (χ1) is 13.2. The molecular formula is C18H18ClF2N3O4. The third kappa shape index (κ3) is 4.48. The average Bonchev–Trinajstić information content (AvgIpc) is 3.19. The Morgan fingerprint density at radius 1 is 1.36 bits per heavy atom. The molecule has 0 saturated carbocycles. The minimum Gasteiger partial charge on any atom is -0.391 e. The number of aliphatic hydroxyl groups is 1. The standard InChI is InChI=1S/C18H18ClF2N3O4/c1-9-2-12(28-23-9)6-17(26)24-8-11(25)5-16(24)18(27)22-7-13-14(20)3-10(19)4-15(13)21/h2-4,11,16,25H,5-8H2,1H3,(H,22,27)/t11-,16+/m1/s1. The van der Waals surface area contributed by atoms with E-state index in [1.807, 2.05) is 0 Å². The molecule has 10 heteroatoms.